The van der Waals surface area contributed by atoms with Crippen LogP contribution in [0.4, 0.5) is 10.8 Å². The van der Waals surface area contributed by atoms with Gasteiger partial charge in [-0.15, -0.1) is 11.3 Å². The molecule has 2 aromatic heterocycles. The molecular weight excluding hydrogens is 390 g/mol. The van der Waals surface area contributed by atoms with E-state index >= 15 is 0 Å². The molecule has 0 unspecified atom stereocenters. The van der Waals surface area contributed by atoms with Gasteiger partial charge in [0.05, 0.1) is 12.3 Å². The number of ether oxygens (including phenoxy) is 1. The van der Waals surface area contributed by atoms with E-state index in [9.17, 15) is 0 Å². The number of anilines is 2. The van der Waals surface area contributed by atoms with E-state index in [1.54, 1.807) is 17.5 Å². The lowest BCUT2D eigenvalue weighted by molar-refractivity contribution is 0.305. The fourth-order valence-electron chi connectivity index (χ4n) is 3.25. The van der Waals surface area contributed by atoms with Gasteiger partial charge in [0, 0.05) is 29.0 Å². The molecule has 0 bridgehead atoms. The number of pyridine rings is 1. The number of rotatable bonds is 9. The number of nitrogens with zero attached hydrogens (tertiary/aromatic N) is 2. The van der Waals surface area contributed by atoms with E-state index in [0.29, 0.717) is 0 Å². The molecule has 5 heteroatoms. The Morgan fingerprint density at radius 3 is 2.70 bits per heavy atom. The number of nitrogens with one attached hydrogen (secondary N) is 1. The summed E-state index contributed by atoms with van der Waals surface area (Å²) in [7, 11) is 0. The van der Waals surface area contributed by atoms with Crippen molar-refractivity contribution in [3.05, 3.63) is 89.6 Å². The van der Waals surface area contributed by atoms with E-state index in [2.05, 4.69) is 58.6 Å². The summed E-state index contributed by atoms with van der Waals surface area (Å²) in [6, 6.07) is 20.7. The molecule has 4 rings (SSSR count). The highest BCUT2D eigenvalue weighted by Gasteiger charge is 2.07. The summed E-state index contributed by atoms with van der Waals surface area (Å²) >= 11 is 1.59. The maximum Gasteiger partial charge on any atom is 0.187 e. The third-order valence-corrected chi connectivity index (χ3v) is 5.61. The normalized spacial score (nSPS) is 10.7. The lowest BCUT2D eigenvalue weighted by Gasteiger charge is -2.11. The van der Waals surface area contributed by atoms with Crippen LogP contribution in [0.5, 0.6) is 5.75 Å². The Bertz CT molecular complexity index is 1060. The van der Waals surface area contributed by atoms with Crippen molar-refractivity contribution in [2.24, 2.45) is 0 Å². The second-order valence-electron chi connectivity index (χ2n) is 7.18. The number of unbranched alkanes of at least 4 members (excludes halogenated alkanes) is 1. The smallest absolute Gasteiger partial charge is 0.187 e. The van der Waals surface area contributed by atoms with Gasteiger partial charge in [-0.3, -0.25) is 4.98 Å². The highest BCUT2D eigenvalue weighted by molar-refractivity contribution is 7.14. The summed E-state index contributed by atoms with van der Waals surface area (Å²) in [6.45, 7) is 2.81. The zero-order valence-corrected chi connectivity index (χ0v) is 17.9. The molecule has 0 spiro atoms. The molecule has 1 N–H and O–H groups in total. The molecule has 2 heterocycles. The molecule has 4 nitrogen and oxygen atoms in total. The first kappa shape index (κ1) is 20.1. The number of aromatic nitrogens is 2. The summed E-state index contributed by atoms with van der Waals surface area (Å²) in [6.07, 6.45) is 6.87. The van der Waals surface area contributed by atoms with E-state index in [1.807, 2.05) is 35.8 Å². The average molecular weight is 416 g/mol. The molecule has 0 saturated heterocycles. The molecule has 0 aliphatic carbocycles. The van der Waals surface area contributed by atoms with E-state index in [4.69, 9.17) is 4.74 Å². The standard InChI is InChI=1S/C25H25N3OS/c1-19-16-22(27-25-28-23(18-30-25)21-11-7-14-26-17-21)12-13-24(19)29-15-6-5-10-20-8-3-2-4-9-20/h2-4,7-9,11-14,16-18H,5-6,10,15H2,1H3,(H,27,28). The van der Waals surface area contributed by atoms with Gasteiger partial charge in [0.1, 0.15) is 5.75 Å². The molecule has 0 radical (unpaired) electrons. The molecular formula is C25H25N3OS. The van der Waals surface area contributed by atoms with E-state index in [0.717, 1.165) is 59.3 Å². The number of aryl methyl sites for hydroxylation is 2. The summed E-state index contributed by atoms with van der Waals surface area (Å²) in [5.74, 6) is 0.940. The maximum atomic E-state index is 5.99. The zero-order valence-electron chi connectivity index (χ0n) is 17.0. The Morgan fingerprint density at radius 1 is 1.00 bits per heavy atom. The van der Waals surface area contributed by atoms with Gasteiger partial charge in [-0.2, -0.15) is 0 Å². The molecule has 4 aromatic rings. The summed E-state index contributed by atoms with van der Waals surface area (Å²) in [4.78, 5) is 8.82. The minimum absolute atomic E-state index is 0.738. The first-order valence-corrected chi connectivity index (χ1v) is 11.1. The molecule has 0 aliphatic rings. The Labute approximate surface area is 181 Å². The van der Waals surface area contributed by atoms with Gasteiger partial charge < -0.3 is 10.1 Å². The van der Waals surface area contributed by atoms with Gasteiger partial charge in [0.2, 0.25) is 0 Å². The van der Waals surface area contributed by atoms with Crippen LogP contribution in [0.1, 0.15) is 24.0 Å². The highest BCUT2D eigenvalue weighted by atomic mass is 32.1. The van der Waals surface area contributed by atoms with Crippen molar-refractivity contribution in [1.82, 2.24) is 9.97 Å². The van der Waals surface area contributed by atoms with Crippen LogP contribution < -0.4 is 10.1 Å². The Hall–Kier alpha value is -3.18. The van der Waals surface area contributed by atoms with Crippen molar-refractivity contribution in [2.75, 3.05) is 11.9 Å². The van der Waals surface area contributed by atoms with Crippen LogP contribution >= 0.6 is 11.3 Å². The molecule has 152 valence electrons. The minimum atomic E-state index is 0.738. The third kappa shape index (κ3) is 5.45. The van der Waals surface area contributed by atoms with Gasteiger partial charge >= 0.3 is 0 Å². The van der Waals surface area contributed by atoms with E-state index in [1.165, 1.54) is 5.56 Å². The minimum Gasteiger partial charge on any atom is -0.493 e. The molecule has 0 atom stereocenters. The first-order chi connectivity index (χ1) is 14.8. The Kier molecular flexibility index (Phi) is 6.72. The lowest BCUT2D eigenvalue weighted by Crippen LogP contribution is -2.00. The van der Waals surface area contributed by atoms with Crippen molar-refractivity contribution in [2.45, 2.75) is 26.2 Å². The predicted octanol–water partition coefficient (Wildman–Crippen LogP) is 6.66. The van der Waals surface area contributed by atoms with Gasteiger partial charge in [-0.25, -0.2) is 4.98 Å². The fraction of sp³-hybridized carbons (Fsp3) is 0.200. The van der Waals surface area contributed by atoms with Gasteiger partial charge in [-0.1, -0.05) is 30.3 Å². The first-order valence-electron chi connectivity index (χ1n) is 10.2. The predicted molar refractivity (Wildman–Crippen MR) is 125 cm³/mol. The van der Waals surface area contributed by atoms with Crippen LogP contribution in [-0.2, 0) is 6.42 Å². The van der Waals surface area contributed by atoms with Crippen LogP contribution in [0.2, 0.25) is 0 Å². The third-order valence-electron chi connectivity index (χ3n) is 4.85. The summed E-state index contributed by atoms with van der Waals surface area (Å²) in [5.41, 5.74) is 5.47. The van der Waals surface area contributed by atoms with Crippen LogP contribution in [0.3, 0.4) is 0 Å². The highest BCUT2D eigenvalue weighted by Crippen LogP contribution is 2.29. The largest absolute Gasteiger partial charge is 0.493 e. The summed E-state index contributed by atoms with van der Waals surface area (Å²) in [5, 5.41) is 6.29. The zero-order chi connectivity index (χ0) is 20.6. The molecule has 0 fully saturated rings. The monoisotopic (exact) mass is 415 g/mol. The van der Waals surface area contributed by atoms with Crippen molar-refractivity contribution >= 4 is 22.2 Å². The summed E-state index contributed by atoms with van der Waals surface area (Å²) < 4.78 is 5.99. The fourth-order valence-corrected chi connectivity index (χ4v) is 3.99. The number of hydrogen-bond acceptors (Lipinski definition) is 5. The molecule has 0 saturated carbocycles. The molecule has 30 heavy (non-hydrogen) atoms. The topological polar surface area (TPSA) is 47.0 Å². The van der Waals surface area contributed by atoms with E-state index < -0.39 is 0 Å². The second-order valence-corrected chi connectivity index (χ2v) is 8.03. The maximum absolute atomic E-state index is 5.99. The lowest BCUT2D eigenvalue weighted by atomic mass is 10.1. The van der Waals surface area contributed by atoms with Crippen molar-refractivity contribution in [1.29, 1.82) is 0 Å². The number of thiazole rings is 1. The number of benzene rings is 2. The Balaban J connectivity index is 1.27. The van der Waals surface area contributed by atoms with Crippen molar-refractivity contribution in [3.63, 3.8) is 0 Å². The second kappa shape index (κ2) is 10.0. The van der Waals surface area contributed by atoms with Crippen LogP contribution in [0, 0.1) is 6.92 Å². The SMILES string of the molecule is Cc1cc(Nc2nc(-c3cccnc3)cs2)ccc1OCCCCc1ccccc1. The Morgan fingerprint density at radius 2 is 1.90 bits per heavy atom. The van der Waals surface area contributed by atoms with E-state index in [-0.39, 0.29) is 0 Å². The molecule has 0 aliphatic heterocycles. The quantitative estimate of drug-likeness (QED) is 0.311. The molecule has 2 aromatic carbocycles. The van der Waals surface area contributed by atoms with Gasteiger partial charge in [0.25, 0.3) is 0 Å². The van der Waals surface area contributed by atoms with Crippen LogP contribution in [0.25, 0.3) is 11.3 Å². The van der Waals surface area contributed by atoms with Crippen LogP contribution in [-0.4, -0.2) is 16.6 Å². The van der Waals surface area contributed by atoms with Crippen molar-refractivity contribution in [3.8, 4) is 17.0 Å². The number of hydrogen-bond donors (Lipinski definition) is 1. The van der Waals surface area contributed by atoms with Gasteiger partial charge in [0.15, 0.2) is 5.13 Å². The average Bonchev–Trinajstić information content (AvgIpc) is 3.25. The molecule has 0 amide bonds. The van der Waals surface area contributed by atoms with Crippen LogP contribution in [0.15, 0.2) is 78.4 Å². The van der Waals surface area contributed by atoms with Gasteiger partial charge in [-0.05, 0) is 67.6 Å². The van der Waals surface area contributed by atoms with Crippen molar-refractivity contribution < 1.29 is 4.74 Å².